The first kappa shape index (κ1) is 8.29. The van der Waals surface area contributed by atoms with Crippen LogP contribution in [0, 0.1) is 0 Å². The van der Waals surface area contributed by atoms with Crippen molar-refractivity contribution in [2.75, 3.05) is 0 Å². The van der Waals surface area contributed by atoms with E-state index in [4.69, 9.17) is 22.1 Å². The summed E-state index contributed by atoms with van der Waals surface area (Å²) in [7, 11) is 0. The van der Waals surface area contributed by atoms with Gasteiger partial charge in [-0.25, -0.2) is 4.98 Å². The lowest BCUT2D eigenvalue weighted by Gasteiger charge is -2.03. The number of primary amides is 1. The smallest absolute Gasteiger partial charge is 0.275 e. The second kappa shape index (κ2) is 3.54. The molecule has 1 amide bonds. The molecule has 0 radical (unpaired) electrons. The van der Waals surface area contributed by atoms with E-state index in [1.807, 2.05) is 0 Å². The van der Waals surface area contributed by atoms with Crippen molar-refractivity contribution in [1.82, 2.24) is 4.98 Å². The molecule has 60 valence electrons. The second-order valence-corrected chi connectivity index (χ2v) is 2.89. The first-order chi connectivity index (χ1) is 5.20. The number of halogens is 1. The number of amides is 1. The Balaban J connectivity index is 2.50. The van der Waals surface area contributed by atoms with Gasteiger partial charge in [0.05, 0.1) is 0 Å². The third-order valence-corrected chi connectivity index (χ3v) is 1.80. The Bertz CT molecular complexity index is 239. The van der Waals surface area contributed by atoms with Crippen LogP contribution in [0.15, 0.2) is 11.6 Å². The van der Waals surface area contributed by atoms with Crippen molar-refractivity contribution in [2.24, 2.45) is 5.73 Å². The molecule has 1 aromatic heterocycles. The fourth-order valence-electron chi connectivity index (χ4n) is 0.415. The van der Waals surface area contributed by atoms with E-state index in [0.29, 0.717) is 5.19 Å². The Hall–Kier alpha value is -0.810. The standard InChI is InChI=1S/C5H5ClN2O2S/c6-3(4(7)9)10-5-8-1-2-11-5/h1-3H,(H2,7,9). The SMILES string of the molecule is NC(=O)C(Cl)Oc1nccs1. The van der Waals surface area contributed by atoms with Gasteiger partial charge in [-0.2, -0.15) is 0 Å². The summed E-state index contributed by atoms with van der Waals surface area (Å²) in [5.41, 5.74) is 3.70. The van der Waals surface area contributed by atoms with Crippen LogP contribution in [0.5, 0.6) is 5.19 Å². The van der Waals surface area contributed by atoms with Gasteiger partial charge in [0, 0.05) is 11.6 Å². The van der Waals surface area contributed by atoms with Crippen molar-refractivity contribution in [1.29, 1.82) is 0 Å². The van der Waals surface area contributed by atoms with Gasteiger partial charge in [-0.15, -0.1) is 0 Å². The molecule has 1 heterocycles. The van der Waals surface area contributed by atoms with Crippen molar-refractivity contribution in [3.05, 3.63) is 11.6 Å². The number of aromatic nitrogens is 1. The Morgan fingerprint density at radius 1 is 1.91 bits per heavy atom. The van der Waals surface area contributed by atoms with Crippen molar-refractivity contribution in [2.45, 2.75) is 5.56 Å². The number of carbonyl (C=O) groups is 1. The lowest BCUT2D eigenvalue weighted by Crippen LogP contribution is -2.28. The van der Waals surface area contributed by atoms with Gasteiger partial charge < -0.3 is 10.5 Å². The molecule has 0 aliphatic carbocycles. The van der Waals surface area contributed by atoms with Gasteiger partial charge in [0.1, 0.15) is 0 Å². The number of rotatable bonds is 3. The van der Waals surface area contributed by atoms with Gasteiger partial charge in [0.25, 0.3) is 16.7 Å². The maximum atomic E-state index is 10.4. The predicted molar refractivity (Wildman–Crippen MR) is 41.6 cm³/mol. The third kappa shape index (κ3) is 2.36. The van der Waals surface area contributed by atoms with Crippen molar-refractivity contribution in [3.63, 3.8) is 0 Å². The molecule has 1 aromatic rings. The van der Waals surface area contributed by atoms with Gasteiger partial charge in [-0.05, 0) is 0 Å². The first-order valence-corrected chi connectivity index (χ1v) is 4.01. The summed E-state index contributed by atoms with van der Waals surface area (Å²) in [6.07, 6.45) is 1.55. The summed E-state index contributed by atoms with van der Waals surface area (Å²) in [6, 6.07) is 0. The minimum atomic E-state index is -1.14. The summed E-state index contributed by atoms with van der Waals surface area (Å²) in [6.45, 7) is 0. The number of nitrogens with zero attached hydrogens (tertiary/aromatic N) is 1. The molecule has 4 nitrogen and oxygen atoms in total. The van der Waals surface area contributed by atoms with Gasteiger partial charge in [0.2, 0.25) is 0 Å². The van der Waals surface area contributed by atoms with Gasteiger partial charge >= 0.3 is 0 Å². The molecule has 0 bridgehead atoms. The molecule has 0 saturated heterocycles. The molecule has 11 heavy (non-hydrogen) atoms. The first-order valence-electron chi connectivity index (χ1n) is 2.69. The van der Waals surface area contributed by atoms with Crippen molar-refractivity contribution >= 4 is 28.8 Å². The zero-order valence-corrected chi connectivity index (χ0v) is 6.93. The fourth-order valence-corrected chi connectivity index (χ4v) is 1.06. The van der Waals surface area contributed by atoms with Crippen molar-refractivity contribution in [3.8, 4) is 5.19 Å². The average molecular weight is 193 g/mol. The lowest BCUT2D eigenvalue weighted by molar-refractivity contribution is -0.121. The highest BCUT2D eigenvalue weighted by Crippen LogP contribution is 2.16. The molecule has 0 fully saturated rings. The van der Waals surface area contributed by atoms with E-state index in [1.165, 1.54) is 11.3 Å². The number of ether oxygens (including phenoxy) is 1. The predicted octanol–water partition coefficient (Wildman–Crippen LogP) is 0.572. The van der Waals surface area contributed by atoms with Crippen LogP contribution in [0.2, 0.25) is 0 Å². The van der Waals surface area contributed by atoms with E-state index in [-0.39, 0.29) is 0 Å². The van der Waals surface area contributed by atoms with Crippen LogP contribution in [-0.4, -0.2) is 16.5 Å². The highest BCUT2D eigenvalue weighted by Gasteiger charge is 2.13. The van der Waals surface area contributed by atoms with Gasteiger partial charge in [0.15, 0.2) is 0 Å². The van der Waals surface area contributed by atoms with Crippen LogP contribution in [0.3, 0.4) is 0 Å². The van der Waals surface area contributed by atoms with Crippen LogP contribution in [0.4, 0.5) is 0 Å². The summed E-state index contributed by atoms with van der Waals surface area (Å²) in [5.74, 6) is -0.720. The molecule has 1 rings (SSSR count). The Morgan fingerprint density at radius 3 is 3.09 bits per heavy atom. The van der Waals surface area contributed by atoms with Crippen LogP contribution < -0.4 is 10.5 Å². The highest BCUT2D eigenvalue weighted by atomic mass is 35.5. The molecule has 0 saturated carbocycles. The molecule has 2 N–H and O–H groups in total. The molecule has 0 aliphatic heterocycles. The van der Waals surface area contributed by atoms with E-state index in [1.54, 1.807) is 11.6 Å². The largest absolute Gasteiger partial charge is 0.440 e. The van der Waals surface area contributed by atoms with E-state index in [2.05, 4.69) is 4.98 Å². The zero-order chi connectivity index (χ0) is 8.27. The maximum Gasteiger partial charge on any atom is 0.275 e. The molecule has 6 heteroatoms. The Morgan fingerprint density at radius 2 is 2.64 bits per heavy atom. The molecule has 0 aliphatic rings. The van der Waals surface area contributed by atoms with Crippen LogP contribution >= 0.6 is 22.9 Å². The number of carbonyl (C=O) groups excluding carboxylic acids is 1. The minimum absolute atomic E-state index is 0.337. The second-order valence-electron chi connectivity index (χ2n) is 1.63. The maximum absolute atomic E-state index is 10.4. The van der Waals surface area contributed by atoms with Gasteiger partial charge in [-0.1, -0.05) is 22.9 Å². The number of hydrogen-bond acceptors (Lipinski definition) is 4. The third-order valence-electron chi connectivity index (χ3n) is 0.838. The monoisotopic (exact) mass is 192 g/mol. The molecule has 0 aromatic carbocycles. The number of thiazole rings is 1. The van der Waals surface area contributed by atoms with E-state index in [9.17, 15) is 4.79 Å². The summed E-state index contributed by atoms with van der Waals surface area (Å²) in [4.78, 5) is 14.1. The Labute approximate surface area is 71.9 Å². The topological polar surface area (TPSA) is 65.2 Å². The molecule has 0 spiro atoms. The summed E-state index contributed by atoms with van der Waals surface area (Å²) in [5, 5.41) is 2.05. The number of hydrogen-bond donors (Lipinski definition) is 1. The lowest BCUT2D eigenvalue weighted by atomic mass is 10.7. The zero-order valence-electron chi connectivity index (χ0n) is 5.36. The molecule has 1 unspecified atom stereocenters. The summed E-state index contributed by atoms with van der Waals surface area (Å²) >= 11 is 6.62. The number of nitrogens with two attached hydrogens (primary N) is 1. The average Bonchev–Trinajstić information content (AvgIpc) is 2.39. The molecular weight excluding hydrogens is 188 g/mol. The summed E-state index contributed by atoms with van der Waals surface area (Å²) < 4.78 is 4.81. The van der Waals surface area contributed by atoms with E-state index in [0.717, 1.165) is 0 Å². The van der Waals surface area contributed by atoms with E-state index < -0.39 is 11.5 Å². The molecular formula is C5H5ClN2O2S. The van der Waals surface area contributed by atoms with Gasteiger partial charge in [-0.3, -0.25) is 4.79 Å². The fraction of sp³-hybridized carbons (Fsp3) is 0.200. The Kier molecular flexibility index (Phi) is 2.67. The quantitative estimate of drug-likeness (QED) is 0.713. The number of alkyl halides is 1. The van der Waals surface area contributed by atoms with Crippen molar-refractivity contribution < 1.29 is 9.53 Å². The minimum Gasteiger partial charge on any atom is -0.440 e. The van der Waals surface area contributed by atoms with E-state index >= 15 is 0 Å². The molecule has 1 atom stereocenters. The highest BCUT2D eigenvalue weighted by molar-refractivity contribution is 7.11. The van der Waals surface area contributed by atoms with Crippen LogP contribution in [0.25, 0.3) is 0 Å². The normalized spacial score (nSPS) is 12.5. The van der Waals surface area contributed by atoms with Crippen LogP contribution in [-0.2, 0) is 4.79 Å². The van der Waals surface area contributed by atoms with Crippen LogP contribution in [0.1, 0.15) is 0 Å².